The molecule has 0 bridgehead atoms. The Morgan fingerprint density at radius 3 is 2.58 bits per heavy atom. The maximum Gasteiger partial charge on any atom is 0.243 e. The van der Waals surface area contributed by atoms with Crippen molar-refractivity contribution in [2.24, 2.45) is 0 Å². The van der Waals surface area contributed by atoms with Crippen molar-refractivity contribution in [1.82, 2.24) is 10.3 Å². The Morgan fingerprint density at radius 2 is 1.96 bits per heavy atom. The number of nitrogens with zero attached hydrogens (tertiary/aromatic N) is 2. The summed E-state index contributed by atoms with van der Waals surface area (Å²) in [6.07, 6.45) is 0. The van der Waals surface area contributed by atoms with Crippen molar-refractivity contribution in [2.75, 3.05) is 5.32 Å². The summed E-state index contributed by atoms with van der Waals surface area (Å²) in [6.45, 7) is 3.64. The molecule has 0 saturated carbocycles. The molecule has 0 fully saturated rings. The number of carbonyl (C=O) groups excluding carboxylic acids is 1. The monoisotopic (exact) mass is 343 g/mol. The van der Waals surface area contributed by atoms with Crippen molar-refractivity contribution in [2.45, 2.75) is 24.9 Å². The Labute approximate surface area is 143 Å². The van der Waals surface area contributed by atoms with Crippen LogP contribution >= 0.6 is 11.8 Å². The van der Waals surface area contributed by atoms with Gasteiger partial charge in [-0.25, -0.2) is 0 Å². The first-order valence-electron chi connectivity index (χ1n) is 7.45. The number of aryl methyl sites for hydroxylation is 2. The molecule has 0 aliphatic rings. The van der Waals surface area contributed by atoms with E-state index in [0.29, 0.717) is 17.3 Å². The van der Waals surface area contributed by atoms with Crippen molar-refractivity contribution in [1.29, 1.82) is 0 Å². The van der Waals surface area contributed by atoms with E-state index in [0.717, 1.165) is 17.0 Å². The molecular weight excluding hydrogens is 326 g/mol. The Hall–Kier alpha value is -2.54. The van der Waals surface area contributed by atoms with E-state index in [4.69, 9.17) is 9.05 Å². The van der Waals surface area contributed by atoms with E-state index in [1.165, 1.54) is 11.8 Å². The number of aromatic nitrogens is 2. The van der Waals surface area contributed by atoms with E-state index >= 15 is 0 Å². The van der Waals surface area contributed by atoms with Crippen molar-refractivity contribution in [3.63, 3.8) is 0 Å². The maximum absolute atomic E-state index is 12.7. The first-order valence-corrected chi connectivity index (χ1v) is 8.49. The number of amides is 1. The molecule has 1 aromatic carbocycles. The molecule has 2 aromatic heterocycles. The number of rotatable bonds is 6. The lowest BCUT2D eigenvalue weighted by molar-refractivity contribution is -0.115. The fourth-order valence-corrected chi connectivity index (χ4v) is 3.24. The molecule has 0 saturated heterocycles. The van der Waals surface area contributed by atoms with Crippen LogP contribution in [0.15, 0.2) is 51.5 Å². The summed E-state index contributed by atoms with van der Waals surface area (Å²) in [4.78, 5) is 12.7. The van der Waals surface area contributed by atoms with E-state index in [-0.39, 0.29) is 5.91 Å². The van der Waals surface area contributed by atoms with Gasteiger partial charge in [-0.2, -0.15) is 0 Å². The highest BCUT2D eigenvalue weighted by atomic mass is 32.2. The Morgan fingerprint density at radius 1 is 1.17 bits per heavy atom. The first kappa shape index (κ1) is 16.3. The Balaban J connectivity index is 1.75. The minimum atomic E-state index is -0.395. The maximum atomic E-state index is 12.7. The molecule has 2 heterocycles. The van der Waals surface area contributed by atoms with Gasteiger partial charge in [0.05, 0.1) is 11.4 Å². The average molecular weight is 343 g/mol. The lowest BCUT2D eigenvalue weighted by Crippen LogP contribution is -2.19. The van der Waals surface area contributed by atoms with Crippen LogP contribution in [0.5, 0.6) is 0 Å². The van der Waals surface area contributed by atoms with E-state index in [1.807, 2.05) is 43.3 Å². The summed E-state index contributed by atoms with van der Waals surface area (Å²) >= 11 is 1.47. The van der Waals surface area contributed by atoms with Gasteiger partial charge in [-0.15, -0.1) is 11.8 Å². The van der Waals surface area contributed by atoms with Gasteiger partial charge in [-0.1, -0.05) is 40.6 Å². The summed E-state index contributed by atoms with van der Waals surface area (Å²) in [7, 11) is 0. The number of benzene rings is 1. The van der Waals surface area contributed by atoms with E-state index in [9.17, 15) is 4.79 Å². The fourth-order valence-electron chi connectivity index (χ4n) is 2.22. The highest BCUT2D eigenvalue weighted by Crippen LogP contribution is 2.33. The summed E-state index contributed by atoms with van der Waals surface area (Å²) in [5, 5.41) is 10.1. The first-order chi connectivity index (χ1) is 11.6. The molecule has 1 amide bonds. The van der Waals surface area contributed by atoms with Crippen LogP contribution in [0, 0.1) is 13.8 Å². The van der Waals surface area contributed by atoms with Crippen LogP contribution in [0.1, 0.15) is 28.0 Å². The summed E-state index contributed by atoms with van der Waals surface area (Å²) in [5.74, 6) is 2.19. The van der Waals surface area contributed by atoms with Gasteiger partial charge in [0.15, 0.2) is 5.82 Å². The molecule has 124 valence electrons. The number of nitrogens with one attached hydrogen (secondary N) is 1. The van der Waals surface area contributed by atoms with Gasteiger partial charge in [-0.3, -0.25) is 4.79 Å². The van der Waals surface area contributed by atoms with Crippen molar-refractivity contribution >= 4 is 23.5 Å². The number of hydrogen-bond acceptors (Lipinski definition) is 6. The largest absolute Gasteiger partial charge is 0.360 e. The van der Waals surface area contributed by atoms with Gasteiger partial charge in [-0.05, 0) is 19.4 Å². The Kier molecular flexibility index (Phi) is 5.00. The van der Waals surface area contributed by atoms with E-state index in [1.54, 1.807) is 13.0 Å². The SMILES string of the molecule is Cc1cc(CSC(C(=O)Nc2cc(C)on2)c2ccccc2)on1. The van der Waals surface area contributed by atoms with Crippen LogP contribution < -0.4 is 5.32 Å². The van der Waals surface area contributed by atoms with Crippen molar-refractivity contribution in [3.8, 4) is 0 Å². The van der Waals surface area contributed by atoms with Crippen LogP contribution in [0.25, 0.3) is 0 Å². The predicted octanol–water partition coefficient (Wildman–Crippen LogP) is 3.89. The van der Waals surface area contributed by atoms with Crippen LogP contribution in [0.2, 0.25) is 0 Å². The van der Waals surface area contributed by atoms with Crippen molar-refractivity contribution < 1.29 is 13.8 Å². The third-order valence-corrected chi connectivity index (χ3v) is 4.56. The Bertz CT molecular complexity index is 813. The minimum Gasteiger partial charge on any atom is -0.360 e. The third-order valence-electron chi connectivity index (χ3n) is 3.29. The zero-order valence-electron chi connectivity index (χ0n) is 13.4. The third kappa shape index (κ3) is 4.05. The minimum absolute atomic E-state index is 0.157. The van der Waals surface area contributed by atoms with Gasteiger partial charge in [0.2, 0.25) is 5.91 Å². The molecule has 0 aliphatic heterocycles. The lowest BCUT2D eigenvalue weighted by Gasteiger charge is -2.15. The van der Waals surface area contributed by atoms with E-state index in [2.05, 4.69) is 15.6 Å². The smallest absolute Gasteiger partial charge is 0.243 e. The molecule has 3 aromatic rings. The van der Waals surface area contributed by atoms with Gasteiger partial charge < -0.3 is 14.4 Å². The molecule has 3 rings (SSSR count). The summed E-state index contributed by atoms with van der Waals surface area (Å²) in [5.41, 5.74) is 1.74. The molecule has 1 atom stereocenters. The molecule has 7 heteroatoms. The summed E-state index contributed by atoms with van der Waals surface area (Å²) < 4.78 is 10.2. The van der Waals surface area contributed by atoms with Gasteiger partial charge >= 0.3 is 0 Å². The molecule has 6 nitrogen and oxygen atoms in total. The second-order valence-electron chi connectivity index (χ2n) is 5.35. The topological polar surface area (TPSA) is 81.2 Å². The second-order valence-corrected chi connectivity index (χ2v) is 6.44. The molecular formula is C17H17N3O3S. The lowest BCUT2D eigenvalue weighted by atomic mass is 10.1. The summed E-state index contributed by atoms with van der Waals surface area (Å²) in [6, 6.07) is 13.2. The standard InChI is InChI=1S/C17H17N3O3S/c1-11-8-14(23-19-11)10-24-16(13-6-4-3-5-7-13)17(21)18-15-9-12(2)22-20-15/h3-9,16H,10H2,1-2H3,(H,18,20,21). The molecule has 0 aliphatic carbocycles. The highest BCUT2D eigenvalue weighted by Gasteiger charge is 2.23. The number of hydrogen-bond donors (Lipinski definition) is 1. The number of anilines is 1. The normalized spacial score (nSPS) is 12.1. The second kappa shape index (κ2) is 7.35. The molecule has 0 radical (unpaired) electrons. The zero-order valence-corrected chi connectivity index (χ0v) is 14.2. The molecule has 1 N–H and O–H groups in total. The average Bonchev–Trinajstić information content (AvgIpc) is 3.17. The van der Waals surface area contributed by atoms with Crippen molar-refractivity contribution in [3.05, 3.63) is 65.2 Å². The number of thioether (sulfide) groups is 1. The van der Waals surface area contributed by atoms with Crippen LogP contribution in [0.3, 0.4) is 0 Å². The number of carbonyl (C=O) groups is 1. The highest BCUT2D eigenvalue weighted by molar-refractivity contribution is 7.99. The fraction of sp³-hybridized carbons (Fsp3) is 0.235. The van der Waals surface area contributed by atoms with Gasteiger partial charge in [0, 0.05) is 12.1 Å². The molecule has 0 spiro atoms. The molecule has 24 heavy (non-hydrogen) atoms. The van der Waals surface area contributed by atoms with Crippen LogP contribution in [-0.2, 0) is 10.5 Å². The zero-order chi connectivity index (χ0) is 16.9. The molecule has 1 unspecified atom stereocenters. The van der Waals surface area contributed by atoms with Crippen LogP contribution in [-0.4, -0.2) is 16.2 Å². The van der Waals surface area contributed by atoms with E-state index < -0.39 is 5.25 Å². The van der Waals surface area contributed by atoms with Gasteiger partial charge in [0.25, 0.3) is 0 Å². The quantitative estimate of drug-likeness (QED) is 0.731. The predicted molar refractivity (Wildman–Crippen MR) is 91.6 cm³/mol. The van der Waals surface area contributed by atoms with Crippen LogP contribution in [0.4, 0.5) is 5.82 Å². The van der Waals surface area contributed by atoms with Gasteiger partial charge in [0.1, 0.15) is 16.8 Å².